The standard InChI is InChI=1S/C21H17N3O5/c1-13-3-6-15(7-4-13)24-20(26)16(19(25)23-21(24)27)11-14-5-8-17(29-10-9-22)18(12-14)28-2/h3-8,11-12H,10H2,1-2H3,(H,23,25,27)/b16-11+. The summed E-state index contributed by atoms with van der Waals surface area (Å²) in [6, 6.07) is 12.6. The number of hydrogen-bond acceptors (Lipinski definition) is 6. The van der Waals surface area contributed by atoms with Gasteiger partial charge in [0.05, 0.1) is 12.8 Å². The van der Waals surface area contributed by atoms with Crippen molar-refractivity contribution < 1.29 is 23.9 Å². The highest BCUT2D eigenvalue weighted by Crippen LogP contribution is 2.29. The van der Waals surface area contributed by atoms with Gasteiger partial charge in [-0.3, -0.25) is 14.9 Å². The molecule has 2 aromatic rings. The second-order valence-corrected chi connectivity index (χ2v) is 6.15. The van der Waals surface area contributed by atoms with Gasteiger partial charge in [-0.25, -0.2) is 9.69 Å². The molecule has 8 heteroatoms. The lowest BCUT2D eigenvalue weighted by atomic mass is 10.1. The van der Waals surface area contributed by atoms with Gasteiger partial charge >= 0.3 is 6.03 Å². The Morgan fingerprint density at radius 1 is 1.10 bits per heavy atom. The van der Waals surface area contributed by atoms with E-state index >= 15 is 0 Å². The smallest absolute Gasteiger partial charge is 0.335 e. The van der Waals surface area contributed by atoms with Crippen molar-refractivity contribution in [1.29, 1.82) is 5.26 Å². The molecule has 2 aromatic carbocycles. The van der Waals surface area contributed by atoms with Crippen LogP contribution in [0.3, 0.4) is 0 Å². The molecule has 1 aliphatic heterocycles. The number of hydrogen-bond donors (Lipinski definition) is 1. The van der Waals surface area contributed by atoms with Gasteiger partial charge in [0.25, 0.3) is 11.8 Å². The number of anilines is 1. The number of nitrogens with one attached hydrogen (secondary N) is 1. The molecule has 0 bridgehead atoms. The molecule has 1 N–H and O–H groups in total. The highest BCUT2D eigenvalue weighted by Gasteiger charge is 2.36. The summed E-state index contributed by atoms with van der Waals surface area (Å²) in [4.78, 5) is 38.3. The van der Waals surface area contributed by atoms with Gasteiger partial charge in [-0.05, 0) is 42.8 Å². The van der Waals surface area contributed by atoms with E-state index in [1.165, 1.54) is 13.2 Å². The van der Waals surface area contributed by atoms with Crippen LogP contribution in [0.1, 0.15) is 11.1 Å². The number of nitriles is 1. The number of ether oxygens (including phenoxy) is 2. The molecule has 0 spiro atoms. The number of benzene rings is 2. The van der Waals surface area contributed by atoms with Crippen molar-refractivity contribution in [2.24, 2.45) is 0 Å². The molecule has 0 aliphatic carbocycles. The van der Waals surface area contributed by atoms with Crippen molar-refractivity contribution in [1.82, 2.24) is 5.32 Å². The van der Waals surface area contributed by atoms with Crippen LogP contribution in [0, 0.1) is 18.3 Å². The number of nitrogens with zero attached hydrogens (tertiary/aromatic N) is 2. The lowest BCUT2D eigenvalue weighted by Gasteiger charge is -2.26. The van der Waals surface area contributed by atoms with Gasteiger partial charge in [0.15, 0.2) is 18.1 Å². The molecule has 0 unspecified atom stereocenters. The van der Waals surface area contributed by atoms with Gasteiger partial charge in [0, 0.05) is 0 Å². The van der Waals surface area contributed by atoms with E-state index in [4.69, 9.17) is 14.7 Å². The Hall–Kier alpha value is -4.12. The van der Waals surface area contributed by atoms with Crippen molar-refractivity contribution in [3.63, 3.8) is 0 Å². The van der Waals surface area contributed by atoms with Gasteiger partial charge in [0.1, 0.15) is 11.6 Å². The molecule has 1 aliphatic rings. The van der Waals surface area contributed by atoms with E-state index in [0.717, 1.165) is 10.5 Å². The summed E-state index contributed by atoms with van der Waals surface area (Å²) >= 11 is 0. The average molecular weight is 391 g/mol. The Morgan fingerprint density at radius 2 is 1.83 bits per heavy atom. The summed E-state index contributed by atoms with van der Waals surface area (Å²) in [7, 11) is 1.43. The molecule has 4 amide bonds. The molecule has 0 aromatic heterocycles. The predicted octanol–water partition coefficient (Wildman–Crippen LogP) is 2.57. The number of amides is 4. The third-order valence-electron chi connectivity index (χ3n) is 4.18. The van der Waals surface area contributed by atoms with Gasteiger partial charge in [-0.2, -0.15) is 5.26 Å². The van der Waals surface area contributed by atoms with Crippen molar-refractivity contribution in [2.45, 2.75) is 6.92 Å². The molecule has 146 valence electrons. The van der Waals surface area contributed by atoms with Crippen LogP contribution in [0.5, 0.6) is 11.5 Å². The number of imide groups is 2. The summed E-state index contributed by atoms with van der Waals surface area (Å²) in [6.45, 7) is 1.74. The van der Waals surface area contributed by atoms with Crippen LogP contribution in [0.25, 0.3) is 6.08 Å². The average Bonchev–Trinajstić information content (AvgIpc) is 2.71. The van der Waals surface area contributed by atoms with E-state index < -0.39 is 17.8 Å². The number of urea groups is 1. The van der Waals surface area contributed by atoms with Crippen molar-refractivity contribution in [3.8, 4) is 17.6 Å². The predicted molar refractivity (Wildman–Crippen MR) is 104 cm³/mol. The van der Waals surface area contributed by atoms with Gasteiger partial charge < -0.3 is 9.47 Å². The van der Waals surface area contributed by atoms with E-state index in [2.05, 4.69) is 5.32 Å². The zero-order valence-corrected chi connectivity index (χ0v) is 15.8. The highest BCUT2D eigenvalue weighted by molar-refractivity contribution is 6.39. The Labute approximate surface area is 166 Å². The fraction of sp³-hybridized carbons (Fsp3) is 0.143. The fourth-order valence-electron chi connectivity index (χ4n) is 2.76. The van der Waals surface area contributed by atoms with Gasteiger partial charge in [-0.15, -0.1) is 0 Å². The molecule has 1 saturated heterocycles. The lowest BCUT2D eigenvalue weighted by molar-refractivity contribution is -0.122. The maximum atomic E-state index is 12.9. The van der Waals surface area contributed by atoms with E-state index in [-0.39, 0.29) is 12.2 Å². The number of rotatable bonds is 5. The third-order valence-corrected chi connectivity index (χ3v) is 4.18. The minimum atomic E-state index is -0.807. The van der Waals surface area contributed by atoms with E-state index in [1.54, 1.807) is 42.5 Å². The minimum absolute atomic E-state index is 0.148. The van der Waals surface area contributed by atoms with E-state index in [1.807, 2.05) is 13.0 Å². The quantitative estimate of drug-likeness (QED) is 0.620. The van der Waals surface area contributed by atoms with Crippen molar-refractivity contribution in [2.75, 3.05) is 18.6 Å². The molecule has 0 saturated carbocycles. The number of carbonyl (C=O) groups excluding carboxylic acids is 3. The molecule has 1 fully saturated rings. The van der Waals surface area contributed by atoms with Crippen LogP contribution in [0.2, 0.25) is 0 Å². The third kappa shape index (κ3) is 4.09. The van der Waals surface area contributed by atoms with Crippen LogP contribution in [0.4, 0.5) is 10.5 Å². The first-order valence-corrected chi connectivity index (χ1v) is 8.60. The van der Waals surface area contributed by atoms with Crippen LogP contribution < -0.4 is 19.7 Å². The summed E-state index contributed by atoms with van der Waals surface area (Å²) < 4.78 is 10.5. The number of aryl methyl sites for hydroxylation is 1. The zero-order valence-electron chi connectivity index (χ0n) is 15.8. The van der Waals surface area contributed by atoms with Crippen LogP contribution in [-0.2, 0) is 9.59 Å². The molecule has 3 rings (SSSR count). The molecular formula is C21H17N3O5. The van der Waals surface area contributed by atoms with Crippen LogP contribution in [-0.4, -0.2) is 31.6 Å². The summed E-state index contributed by atoms with van der Waals surface area (Å²) in [6.07, 6.45) is 1.36. The molecular weight excluding hydrogens is 374 g/mol. The van der Waals surface area contributed by atoms with Crippen LogP contribution >= 0.6 is 0 Å². The second kappa shape index (κ2) is 8.27. The monoisotopic (exact) mass is 391 g/mol. The van der Waals surface area contributed by atoms with E-state index in [9.17, 15) is 14.4 Å². The molecule has 0 atom stereocenters. The van der Waals surface area contributed by atoms with Crippen molar-refractivity contribution in [3.05, 3.63) is 59.2 Å². The van der Waals surface area contributed by atoms with E-state index in [0.29, 0.717) is 22.7 Å². The lowest BCUT2D eigenvalue weighted by Crippen LogP contribution is -2.54. The Balaban J connectivity index is 1.96. The first kappa shape index (κ1) is 19.6. The summed E-state index contributed by atoms with van der Waals surface area (Å²) in [5.74, 6) is -0.824. The molecule has 29 heavy (non-hydrogen) atoms. The highest BCUT2D eigenvalue weighted by atomic mass is 16.5. The summed E-state index contributed by atoms with van der Waals surface area (Å²) in [5.41, 5.74) is 1.62. The number of methoxy groups -OCH3 is 1. The molecule has 1 heterocycles. The molecule has 0 radical (unpaired) electrons. The van der Waals surface area contributed by atoms with Gasteiger partial charge in [0.2, 0.25) is 0 Å². The Morgan fingerprint density at radius 3 is 2.48 bits per heavy atom. The number of carbonyl (C=O) groups is 3. The fourth-order valence-corrected chi connectivity index (χ4v) is 2.76. The SMILES string of the molecule is COc1cc(/C=C2\C(=O)NC(=O)N(c3ccc(C)cc3)C2=O)ccc1OCC#N. The number of barbiturate groups is 1. The minimum Gasteiger partial charge on any atom is -0.493 e. The largest absolute Gasteiger partial charge is 0.493 e. The first-order chi connectivity index (χ1) is 13.9. The molecule has 8 nitrogen and oxygen atoms in total. The van der Waals surface area contributed by atoms with Crippen molar-refractivity contribution >= 4 is 29.6 Å². The Kier molecular flexibility index (Phi) is 5.60. The topological polar surface area (TPSA) is 109 Å². The second-order valence-electron chi connectivity index (χ2n) is 6.15. The normalized spacial score (nSPS) is 15.1. The maximum Gasteiger partial charge on any atom is 0.335 e. The van der Waals surface area contributed by atoms with Crippen LogP contribution in [0.15, 0.2) is 48.0 Å². The first-order valence-electron chi connectivity index (χ1n) is 8.60. The Bertz CT molecular complexity index is 1050. The summed E-state index contributed by atoms with van der Waals surface area (Å²) in [5, 5.41) is 10.8. The maximum absolute atomic E-state index is 12.9. The zero-order chi connectivity index (χ0) is 21.0. The van der Waals surface area contributed by atoms with Gasteiger partial charge in [-0.1, -0.05) is 23.8 Å².